The lowest BCUT2D eigenvalue weighted by Gasteiger charge is -2.06. The van der Waals surface area contributed by atoms with Gasteiger partial charge >= 0.3 is 0 Å². The number of aromatic nitrogens is 1. The Hall–Kier alpha value is -2.17. The smallest absolute Gasteiger partial charge is 0.219 e. The van der Waals surface area contributed by atoms with Crippen molar-refractivity contribution in [2.24, 2.45) is 0 Å². The molecule has 0 fully saturated rings. The molecule has 0 saturated heterocycles. The van der Waals surface area contributed by atoms with Crippen LogP contribution < -0.4 is 10.5 Å². The number of hydrogen-bond donors (Lipinski definition) is 1. The molecule has 17 heavy (non-hydrogen) atoms. The topological polar surface area (TPSA) is 48.1 Å². The summed E-state index contributed by atoms with van der Waals surface area (Å²) in [4.78, 5) is 4.04. The lowest BCUT2D eigenvalue weighted by molar-refractivity contribution is 0.450. The molecule has 0 radical (unpaired) electrons. The summed E-state index contributed by atoms with van der Waals surface area (Å²) in [5.41, 5.74) is 6.72. The number of nitrogen functional groups attached to an aromatic ring is 1. The van der Waals surface area contributed by atoms with Crippen molar-refractivity contribution in [3.8, 4) is 11.6 Å². The second kappa shape index (κ2) is 4.37. The Balaban J connectivity index is 2.28. The highest BCUT2D eigenvalue weighted by Gasteiger charge is 2.05. The van der Waals surface area contributed by atoms with Crippen LogP contribution >= 0.6 is 0 Å². The third kappa shape index (κ3) is 2.69. The van der Waals surface area contributed by atoms with E-state index in [1.807, 2.05) is 0 Å². The number of hydrogen-bond acceptors (Lipinski definition) is 3. The first-order chi connectivity index (χ1) is 8.04. The van der Waals surface area contributed by atoms with Gasteiger partial charge in [-0.1, -0.05) is 0 Å². The highest BCUT2D eigenvalue weighted by atomic mass is 19.1. The molecule has 88 valence electrons. The van der Waals surface area contributed by atoms with Gasteiger partial charge in [0.1, 0.15) is 17.4 Å². The lowest BCUT2D eigenvalue weighted by atomic mass is 10.3. The normalized spacial score (nSPS) is 10.3. The molecular formula is C12H10F2N2O. The number of halogens is 2. The Labute approximate surface area is 96.9 Å². The van der Waals surface area contributed by atoms with Crippen molar-refractivity contribution in [3.05, 3.63) is 47.7 Å². The zero-order chi connectivity index (χ0) is 12.4. The molecule has 0 saturated carbocycles. The summed E-state index contributed by atoms with van der Waals surface area (Å²) in [5.74, 6) is -1.11. The molecule has 3 nitrogen and oxygen atoms in total. The number of pyridine rings is 1. The van der Waals surface area contributed by atoms with Crippen LogP contribution in [0.25, 0.3) is 0 Å². The Morgan fingerprint density at radius 1 is 1.12 bits per heavy atom. The highest BCUT2D eigenvalue weighted by molar-refractivity contribution is 5.44. The van der Waals surface area contributed by atoms with Crippen molar-refractivity contribution in [2.75, 3.05) is 5.73 Å². The van der Waals surface area contributed by atoms with Crippen molar-refractivity contribution in [1.82, 2.24) is 4.98 Å². The summed E-state index contributed by atoms with van der Waals surface area (Å²) in [6, 6.07) is 6.08. The maximum absolute atomic E-state index is 12.9. The number of anilines is 1. The van der Waals surface area contributed by atoms with Gasteiger partial charge in [-0.25, -0.2) is 13.8 Å². The molecule has 0 aliphatic rings. The summed E-state index contributed by atoms with van der Waals surface area (Å²) >= 11 is 0. The van der Waals surface area contributed by atoms with Crippen LogP contribution in [0.2, 0.25) is 0 Å². The molecule has 0 aliphatic carbocycles. The van der Waals surface area contributed by atoms with Crippen LogP contribution in [0.3, 0.4) is 0 Å². The van der Waals surface area contributed by atoms with Crippen LogP contribution in [0.4, 0.5) is 14.5 Å². The Kier molecular flexibility index (Phi) is 2.91. The van der Waals surface area contributed by atoms with Gasteiger partial charge in [-0.05, 0) is 13.0 Å². The zero-order valence-electron chi connectivity index (χ0n) is 9.08. The van der Waals surface area contributed by atoms with Crippen LogP contribution in [-0.2, 0) is 0 Å². The van der Waals surface area contributed by atoms with E-state index in [0.29, 0.717) is 11.4 Å². The van der Waals surface area contributed by atoms with Gasteiger partial charge in [0.25, 0.3) is 0 Å². The predicted octanol–water partition coefficient (Wildman–Crippen LogP) is 3.04. The number of benzene rings is 1. The molecule has 0 unspecified atom stereocenters. The van der Waals surface area contributed by atoms with Gasteiger partial charge in [-0.15, -0.1) is 0 Å². The number of nitrogens with two attached hydrogens (primary N) is 1. The molecule has 0 aliphatic heterocycles. The van der Waals surface area contributed by atoms with Gasteiger partial charge in [-0.2, -0.15) is 0 Å². The van der Waals surface area contributed by atoms with Crippen LogP contribution in [0, 0.1) is 18.6 Å². The van der Waals surface area contributed by atoms with Gasteiger partial charge in [0.2, 0.25) is 5.88 Å². The molecular weight excluding hydrogens is 226 g/mol. The minimum atomic E-state index is -0.702. The van der Waals surface area contributed by atoms with Gasteiger partial charge in [-0.3, -0.25) is 0 Å². The van der Waals surface area contributed by atoms with Crippen LogP contribution in [-0.4, -0.2) is 4.98 Å². The average Bonchev–Trinajstić information content (AvgIpc) is 2.22. The molecule has 5 heteroatoms. The van der Waals surface area contributed by atoms with E-state index >= 15 is 0 Å². The standard InChI is InChI=1S/C12H10F2N2O/c1-7-11(15)2-3-12(16-7)17-10-5-8(13)4-9(14)6-10/h2-6H,15H2,1H3. The monoisotopic (exact) mass is 236 g/mol. The van der Waals surface area contributed by atoms with E-state index in [0.717, 1.165) is 18.2 Å². The molecule has 2 aromatic rings. The van der Waals surface area contributed by atoms with Crippen molar-refractivity contribution in [2.45, 2.75) is 6.92 Å². The van der Waals surface area contributed by atoms with Gasteiger partial charge < -0.3 is 10.5 Å². The molecule has 1 aromatic carbocycles. The molecule has 0 bridgehead atoms. The number of ether oxygens (including phenoxy) is 1. The Bertz CT molecular complexity index is 538. The maximum Gasteiger partial charge on any atom is 0.219 e. The fraction of sp³-hybridized carbons (Fsp3) is 0.0833. The number of rotatable bonds is 2. The highest BCUT2D eigenvalue weighted by Crippen LogP contribution is 2.23. The van der Waals surface area contributed by atoms with E-state index in [1.165, 1.54) is 6.07 Å². The molecule has 1 heterocycles. The maximum atomic E-state index is 12.9. The van der Waals surface area contributed by atoms with Gasteiger partial charge in [0.05, 0.1) is 11.4 Å². The van der Waals surface area contributed by atoms with E-state index in [4.69, 9.17) is 10.5 Å². The lowest BCUT2D eigenvalue weighted by Crippen LogP contribution is -1.95. The van der Waals surface area contributed by atoms with E-state index in [9.17, 15) is 8.78 Å². The first-order valence-corrected chi connectivity index (χ1v) is 4.91. The Morgan fingerprint density at radius 2 is 1.76 bits per heavy atom. The minimum Gasteiger partial charge on any atom is -0.439 e. The summed E-state index contributed by atoms with van der Waals surface area (Å²) < 4.78 is 31.1. The molecule has 0 amide bonds. The molecule has 2 N–H and O–H groups in total. The summed E-state index contributed by atoms with van der Waals surface area (Å²) in [5, 5.41) is 0. The van der Waals surface area contributed by atoms with Gasteiger partial charge in [0, 0.05) is 24.3 Å². The third-order valence-electron chi connectivity index (χ3n) is 2.16. The molecule has 1 aromatic heterocycles. The minimum absolute atomic E-state index is 0.0548. The molecule has 0 atom stereocenters. The van der Waals surface area contributed by atoms with E-state index < -0.39 is 11.6 Å². The van der Waals surface area contributed by atoms with Crippen molar-refractivity contribution >= 4 is 5.69 Å². The first-order valence-electron chi connectivity index (χ1n) is 4.91. The van der Waals surface area contributed by atoms with Crippen LogP contribution in [0.5, 0.6) is 11.6 Å². The summed E-state index contributed by atoms with van der Waals surface area (Å²) in [6.45, 7) is 1.72. The number of nitrogens with zero attached hydrogens (tertiary/aromatic N) is 1. The fourth-order valence-corrected chi connectivity index (χ4v) is 1.31. The quantitative estimate of drug-likeness (QED) is 0.871. The van der Waals surface area contributed by atoms with E-state index in [-0.39, 0.29) is 11.6 Å². The second-order valence-corrected chi connectivity index (χ2v) is 3.53. The average molecular weight is 236 g/mol. The molecule has 0 spiro atoms. The van der Waals surface area contributed by atoms with Crippen molar-refractivity contribution in [1.29, 1.82) is 0 Å². The van der Waals surface area contributed by atoms with Crippen molar-refractivity contribution in [3.63, 3.8) is 0 Å². The predicted molar refractivity (Wildman–Crippen MR) is 59.8 cm³/mol. The van der Waals surface area contributed by atoms with Gasteiger partial charge in [0.15, 0.2) is 0 Å². The van der Waals surface area contributed by atoms with E-state index in [2.05, 4.69) is 4.98 Å². The summed E-state index contributed by atoms with van der Waals surface area (Å²) in [7, 11) is 0. The fourth-order valence-electron chi connectivity index (χ4n) is 1.31. The van der Waals surface area contributed by atoms with Crippen molar-refractivity contribution < 1.29 is 13.5 Å². The first kappa shape index (κ1) is 11.3. The van der Waals surface area contributed by atoms with Crippen LogP contribution in [0.15, 0.2) is 30.3 Å². The third-order valence-corrected chi connectivity index (χ3v) is 2.16. The van der Waals surface area contributed by atoms with E-state index in [1.54, 1.807) is 13.0 Å². The van der Waals surface area contributed by atoms with Crippen LogP contribution in [0.1, 0.15) is 5.69 Å². The number of aryl methyl sites for hydroxylation is 1. The largest absolute Gasteiger partial charge is 0.439 e. The second-order valence-electron chi connectivity index (χ2n) is 3.53. The molecule has 2 rings (SSSR count). The Morgan fingerprint density at radius 3 is 2.35 bits per heavy atom. The zero-order valence-corrected chi connectivity index (χ0v) is 9.08. The summed E-state index contributed by atoms with van der Waals surface area (Å²) in [6.07, 6.45) is 0. The SMILES string of the molecule is Cc1nc(Oc2cc(F)cc(F)c2)ccc1N.